The molecule has 1 aromatic carbocycles. The maximum absolute atomic E-state index is 12.8. The predicted octanol–water partition coefficient (Wildman–Crippen LogP) is 3.89. The third kappa shape index (κ3) is 3.39. The van der Waals surface area contributed by atoms with Crippen LogP contribution in [-0.4, -0.2) is 47.4 Å². The number of hydrogen-bond acceptors (Lipinski definition) is 3. The summed E-state index contributed by atoms with van der Waals surface area (Å²) in [5.74, 6) is 0.952. The number of rotatable bonds is 4. The Hall–Kier alpha value is -2.07. The van der Waals surface area contributed by atoms with Gasteiger partial charge in [-0.05, 0) is 44.5 Å². The molecule has 2 aromatic rings. The number of amides is 1. The summed E-state index contributed by atoms with van der Waals surface area (Å²) in [5.41, 5.74) is 1.74. The lowest BCUT2D eigenvalue weighted by molar-refractivity contribution is 0.0371. The molecule has 1 fully saturated rings. The van der Waals surface area contributed by atoms with Crippen LogP contribution in [0.15, 0.2) is 47.1 Å². The van der Waals surface area contributed by atoms with Gasteiger partial charge in [0, 0.05) is 42.8 Å². The quantitative estimate of drug-likeness (QED) is 0.855. The molecule has 4 nitrogen and oxygen atoms in total. The molecule has 0 aliphatic carbocycles. The van der Waals surface area contributed by atoms with Gasteiger partial charge in [0.25, 0.3) is 5.91 Å². The summed E-state index contributed by atoms with van der Waals surface area (Å²) >= 11 is 0. The number of carbonyl (C=O) groups excluding carboxylic acids is 1. The second kappa shape index (κ2) is 7.22. The smallest absolute Gasteiger partial charge is 0.253 e. The summed E-state index contributed by atoms with van der Waals surface area (Å²) in [6, 6.07) is 12.5. The average Bonchev–Trinajstić information content (AvgIpc) is 3.15. The molecule has 1 saturated heterocycles. The molecule has 1 atom stereocenters. The Kier molecular flexibility index (Phi) is 5.05. The first-order valence-corrected chi connectivity index (χ1v) is 8.79. The Bertz CT molecular complexity index is 661. The molecule has 0 bridgehead atoms. The number of hydrogen-bond donors (Lipinski definition) is 0. The third-order valence-corrected chi connectivity index (χ3v) is 4.89. The fraction of sp³-hybridized carbons (Fsp3) is 0.450. The van der Waals surface area contributed by atoms with Crippen LogP contribution in [0.4, 0.5) is 0 Å². The highest BCUT2D eigenvalue weighted by Gasteiger charge is 2.30. The van der Waals surface area contributed by atoms with Gasteiger partial charge >= 0.3 is 0 Å². The zero-order valence-corrected chi connectivity index (χ0v) is 14.7. The van der Waals surface area contributed by atoms with E-state index in [1.54, 1.807) is 6.26 Å². The van der Waals surface area contributed by atoms with Crippen molar-refractivity contribution < 1.29 is 9.21 Å². The van der Waals surface area contributed by atoms with E-state index >= 15 is 0 Å². The lowest BCUT2D eigenvalue weighted by atomic mass is 10.0. The molecule has 0 saturated carbocycles. The number of nitrogens with zero attached hydrogens (tertiary/aromatic N) is 2. The van der Waals surface area contributed by atoms with E-state index in [9.17, 15) is 4.79 Å². The van der Waals surface area contributed by atoms with Gasteiger partial charge < -0.3 is 9.32 Å². The zero-order valence-electron chi connectivity index (χ0n) is 14.7. The molecule has 24 heavy (non-hydrogen) atoms. The highest BCUT2D eigenvalue weighted by molar-refractivity contribution is 5.94. The van der Waals surface area contributed by atoms with Crippen molar-refractivity contribution in [2.24, 2.45) is 0 Å². The molecule has 2 heterocycles. The van der Waals surface area contributed by atoms with Gasteiger partial charge in [-0.3, -0.25) is 9.69 Å². The standard InChI is InChI=1S/C20H26N2O2/c1-4-18-14-21(11-12-22(18)15(2)3)20(23)17-9-7-16(8-10-17)19-6-5-13-24-19/h5-10,13,15,18H,4,11-12,14H2,1-3H3/t18-/m1/s1. The third-order valence-electron chi connectivity index (χ3n) is 4.89. The van der Waals surface area contributed by atoms with Gasteiger partial charge in [0.15, 0.2) is 0 Å². The Balaban J connectivity index is 1.70. The van der Waals surface area contributed by atoms with Crippen molar-refractivity contribution in [2.45, 2.75) is 39.3 Å². The molecule has 1 aromatic heterocycles. The molecule has 0 spiro atoms. The maximum Gasteiger partial charge on any atom is 0.253 e. The summed E-state index contributed by atoms with van der Waals surface area (Å²) in [6.07, 6.45) is 2.73. The van der Waals surface area contributed by atoms with Crippen molar-refractivity contribution in [3.63, 3.8) is 0 Å². The normalized spacial score (nSPS) is 19.0. The summed E-state index contributed by atoms with van der Waals surface area (Å²) in [7, 11) is 0. The highest BCUT2D eigenvalue weighted by atomic mass is 16.3. The van der Waals surface area contributed by atoms with E-state index < -0.39 is 0 Å². The molecule has 0 radical (unpaired) electrons. The van der Waals surface area contributed by atoms with Crippen LogP contribution < -0.4 is 0 Å². The van der Waals surface area contributed by atoms with Crippen LogP contribution in [0.1, 0.15) is 37.6 Å². The van der Waals surface area contributed by atoms with Crippen LogP contribution in [0.2, 0.25) is 0 Å². The van der Waals surface area contributed by atoms with Crippen molar-refractivity contribution in [2.75, 3.05) is 19.6 Å². The molecule has 3 rings (SSSR count). The van der Waals surface area contributed by atoms with Crippen LogP contribution in [-0.2, 0) is 0 Å². The summed E-state index contributed by atoms with van der Waals surface area (Å²) in [5, 5.41) is 0. The molecule has 1 aliphatic rings. The van der Waals surface area contributed by atoms with Crippen molar-refractivity contribution in [1.29, 1.82) is 0 Å². The van der Waals surface area contributed by atoms with Crippen molar-refractivity contribution in [3.8, 4) is 11.3 Å². The first-order valence-electron chi connectivity index (χ1n) is 8.79. The van der Waals surface area contributed by atoms with E-state index in [-0.39, 0.29) is 5.91 Å². The predicted molar refractivity (Wildman–Crippen MR) is 96.0 cm³/mol. The number of benzene rings is 1. The van der Waals surface area contributed by atoms with Gasteiger partial charge in [-0.15, -0.1) is 0 Å². The SMILES string of the molecule is CC[C@@H]1CN(C(=O)c2ccc(-c3ccco3)cc2)CCN1C(C)C. The van der Waals surface area contributed by atoms with E-state index in [2.05, 4.69) is 25.7 Å². The monoisotopic (exact) mass is 326 g/mol. The van der Waals surface area contributed by atoms with Gasteiger partial charge in [-0.2, -0.15) is 0 Å². The number of carbonyl (C=O) groups is 1. The Morgan fingerprint density at radius 3 is 2.54 bits per heavy atom. The van der Waals surface area contributed by atoms with Crippen LogP contribution in [0, 0.1) is 0 Å². The van der Waals surface area contributed by atoms with E-state index in [0.29, 0.717) is 12.1 Å². The van der Waals surface area contributed by atoms with E-state index in [1.807, 2.05) is 41.3 Å². The van der Waals surface area contributed by atoms with E-state index in [0.717, 1.165) is 42.9 Å². The van der Waals surface area contributed by atoms with Gasteiger partial charge in [-0.25, -0.2) is 0 Å². The molecular weight excluding hydrogens is 300 g/mol. The second-order valence-corrected chi connectivity index (χ2v) is 6.70. The minimum atomic E-state index is 0.128. The van der Waals surface area contributed by atoms with E-state index in [4.69, 9.17) is 4.42 Å². The summed E-state index contributed by atoms with van der Waals surface area (Å²) in [4.78, 5) is 17.3. The van der Waals surface area contributed by atoms with Crippen LogP contribution in [0.5, 0.6) is 0 Å². The van der Waals surface area contributed by atoms with Crippen molar-refractivity contribution in [3.05, 3.63) is 48.2 Å². The first-order chi connectivity index (χ1) is 11.6. The number of furan rings is 1. The molecule has 1 aliphatic heterocycles. The van der Waals surface area contributed by atoms with Crippen LogP contribution in [0.25, 0.3) is 11.3 Å². The minimum absolute atomic E-state index is 0.128. The van der Waals surface area contributed by atoms with Gasteiger partial charge in [0.2, 0.25) is 0 Å². The molecular formula is C20H26N2O2. The minimum Gasteiger partial charge on any atom is -0.464 e. The van der Waals surface area contributed by atoms with Crippen molar-refractivity contribution in [1.82, 2.24) is 9.80 Å². The maximum atomic E-state index is 12.8. The Morgan fingerprint density at radius 1 is 1.21 bits per heavy atom. The van der Waals surface area contributed by atoms with Crippen LogP contribution in [0.3, 0.4) is 0 Å². The molecule has 4 heteroatoms. The summed E-state index contributed by atoms with van der Waals surface area (Å²) < 4.78 is 5.40. The lowest BCUT2D eigenvalue weighted by Crippen LogP contribution is -2.56. The topological polar surface area (TPSA) is 36.7 Å². The Labute approximate surface area is 144 Å². The van der Waals surface area contributed by atoms with Gasteiger partial charge in [0.05, 0.1) is 6.26 Å². The van der Waals surface area contributed by atoms with Gasteiger partial charge in [-0.1, -0.05) is 19.1 Å². The lowest BCUT2D eigenvalue weighted by Gasteiger charge is -2.43. The first kappa shape index (κ1) is 16.8. The molecule has 0 unspecified atom stereocenters. The second-order valence-electron chi connectivity index (χ2n) is 6.70. The number of piperazine rings is 1. The molecule has 128 valence electrons. The zero-order chi connectivity index (χ0) is 17.1. The van der Waals surface area contributed by atoms with Crippen molar-refractivity contribution >= 4 is 5.91 Å². The highest BCUT2D eigenvalue weighted by Crippen LogP contribution is 2.22. The fourth-order valence-corrected chi connectivity index (χ4v) is 3.50. The average molecular weight is 326 g/mol. The van der Waals surface area contributed by atoms with Crippen LogP contribution >= 0.6 is 0 Å². The van der Waals surface area contributed by atoms with E-state index in [1.165, 1.54) is 0 Å². The summed E-state index contributed by atoms with van der Waals surface area (Å²) in [6.45, 7) is 9.22. The largest absolute Gasteiger partial charge is 0.464 e. The fourth-order valence-electron chi connectivity index (χ4n) is 3.50. The molecule has 0 N–H and O–H groups in total. The van der Waals surface area contributed by atoms with Gasteiger partial charge in [0.1, 0.15) is 5.76 Å². The Morgan fingerprint density at radius 2 is 1.96 bits per heavy atom. The molecule has 1 amide bonds.